The van der Waals surface area contributed by atoms with Gasteiger partial charge < -0.3 is 4.90 Å². The summed E-state index contributed by atoms with van der Waals surface area (Å²) in [7, 11) is -3.95. The maximum absolute atomic E-state index is 13.9. The maximum atomic E-state index is 13.9. The third-order valence-electron chi connectivity index (χ3n) is 5.81. The number of hydrogen-bond donors (Lipinski definition) is 0. The first kappa shape index (κ1) is 26.0. The van der Waals surface area contributed by atoms with Gasteiger partial charge in [-0.15, -0.1) is 11.3 Å². The van der Waals surface area contributed by atoms with Crippen molar-refractivity contribution in [2.45, 2.75) is 31.8 Å². The molecule has 188 valence electrons. The van der Waals surface area contributed by atoms with Crippen molar-refractivity contribution in [2.75, 3.05) is 13.1 Å². The van der Waals surface area contributed by atoms with Gasteiger partial charge in [0.1, 0.15) is 5.82 Å². The van der Waals surface area contributed by atoms with Crippen LogP contribution in [0.5, 0.6) is 0 Å². The molecule has 1 heterocycles. The number of benzene rings is 3. The second-order valence-corrected chi connectivity index (χ2v) is 12.1. The Balaban J connectivity index is 1.65. The first-order valence-corrected chi connectivity index (χ1v) is 14.1. The Labute approximate surface area is 215 Å². The fourth-order valence-corrected chi connectivity index (χ4v) is 6.59. The minimum absolute atomic E-state index is 0.0189. The number of thiophene rings is 1. The highest BCUT2D eigenvalue weighted by Gasteiger charge is 2.30. The smallest absolute Gasteiger partial charge is 0.244 e. The quantitative estimate of drug-likeness (QED) is 0.259. The second-order valence-electron chi connectivity index (χ2n) is 9.12. The SMILES string of the molecule is CC(C)CN(CC(=O)N(Cc1ccc(F)cc1)Cc1cccs1)S(=O)(=O)c1cccc2ccccc12. The Morgan fingerprint density at radius 1 is 0.917 bits per heavy atom. The number of carbonyl (C=O) groups excluding carboxylic acids is 1. The van der Waals surface area contributed by atoms with Crippen molar-refractivity contribution in [3.63, 3.8) is 0 Å². The van der Waals surface area contributed by atoms with E-state index in [9.17, 15) is 17.6 Å². The van der Waals surface area contributed by atoms with Crippen LogP contribution in [0, 0.1) is 11.7 Å². The van der Waals surface area contributed by atoms with Crippen molar-refractivity contribution >= 4 is 38.0 Å². The summed E-state index contributed by atoms with van der Waals surface area (Å²) in [5.41, 5.74) is 0.772. The van der Waals surface area contributed by atoms with E-state index < -0.39 is 10.0 Å². The first-order chi connectivity index (χ1) is 17.2. The van der Waals surface area contributed by atoms with Gasteiger partial charge in [0.25, 0.3) is 0 Å². The van der Waals surface area contributed by atoms with Gasteiger partial charge in [-0.2, -0.15) is 4.31 Å². The molecule has 0 radical (unpaired) electrons. The number of fused-ring (bicyclic) bond motifs is 1. The van der Waals surface area contributed by atoms with Crippen LogP contribution in [0.15, 0.2) is 89.1 Å². The van der Waals surface area contributed by atoms with Gasteiger partial charge in [0.05, 0.1) is 18.0 Å². The van der Waals surface area contributed by atoms with E-state index in [2.05, 4.69) is 0 Å². The van der Waals surface area contributed by atoms with Crippen molar-refractivity contribution in [1.29, 1.82) is 0 Å². The van der Waals surface area contributed by atoms with Gasteiger partial charge in [-0.1, -0.05) is 68.4 Å². The van der Waals surface area contributed by atoms with Crippen molar-refractivity contribution in [3.05, 3.63) is 101 Å². The summed E-state index contributed by atoms with van der Waals surface area (Å²) in [4.78, 5) is 16.4. The summed E-state index contributed by atoms with van der Waals surface area (Å²) in [6, 6.07) is 22.4. The Kier molecular flexibility index (Phi) is 8.18. The molecule has 0 spiro atoms. The predicted molar refractivity (Wildman–Crippen MR) is 143 cm³/mol. The molecule has 0 fully saturated rings. The molecule has 0 N–H and O–H groups in total. The van der Waals surface area contributed by atoms with Crippen LogP contribution in [0.3, 0.4) is 0 Å². The van der Waals surface area contributed by atoms with Crippen LogP contribution < -0.4 is 0 Å². The van der Waals surface area contributed by atoms with Crippen LogP contribution in [0.2, 0.25) is 0 Å². The van der Waals surface area contributed by atoms with Crippen LogP contribution in [-0.2, 0) is 27.9 Å². The number of amides is 1. The molecule has 0 bridgehead atoms. The van der Waals surface area contributed by atoms with E-state index in [1.807, 2.05) is 55.6 Å². The largest absolute Gasteiger partial charge is 0.332 e. The zero-order valence-electron chi connectivity index (χ0n) is 20.3. The fraction of sp³-hybridized carbons (Fsp3) is 0.250. The van der Waals surface area contributed by atoms with Crippen LogP contribution in [0.25, 0.3) is 10.8 Å². The van der Waals surface area contributed by atoms with Gasteiger partial charge in [0.15, 0.2) is 0 Å². The summed E-state index contributed by atoms with van der Waals surface area (Å²) in [6.45, 7) is 4.38. The molecule has 8 heteroatoms. The number of sulfonamides is 1. The number of halogens is 1. The first-order valence-electron chi connectivity index (χ1n) is 11.8. The highest BCUT2D eigenvalue weighted by molar-refractivity contribution is 7.89. The highest BCUT2D eigenvalue weighted by Crippen LogP contribution is 2.27. The lowest BCUT2D eigenvalue weighted by Crippen LogP contribution is -2.43. The van der Waals surface area contributed by atoms with Crippen molar-refractivity contribution < 1.29 is 17.6 Å². The van der Waals surface area contributed by atoms with Crippen LogP contribution in [0.4, 0.5) is 4.39 Å². The van der Waals surface area contributed by atoms with Gasteiger partial charge in [0, 0.05) is 23.4 Å². The molecule has 36 heavy (non-hydrogen) atoms. The minimum Gasteiger partial charge on any atom is -0.332 e. The molecule has 4 aromatic rings. The van der Waals surface area contributed by atoms with Crippen molar-refractivity contribution in [1.82, 2.24) is 9.21 Å². The van der Waals surface area contributed by atoms with Crippen molar-refractivity contribution in [2.24, 2.45) is 5.92 Å². The van der Waals surface area contributed by atoms with Crippen LogP contribution >= 0.6 is 11.3 Å². The Morgan fingerprint density at radius 3 is 2.33 bits per heavy atom. The second kappa shape index (κ2) is 11.3. The molecule has 0 aliphatic heterocycles. The van der Waals surface area contributed by atoms with Gasteiger partial charge in [-0.25, -0.2) is 12.8 Å². The van der Waals surface area contributed by atoms with E-state index in [-0.39, 0.29) is 42.2 Å². The molecule has 0 aliphatic carbocycles. The fourth-order valence-electron chi connectivity index (χ4n) is 4.10. The molecule has 3 aromatic carbocycles. The summed E-state index contributed by atoms with van der Waals surface area (Å²) >= 11 is 1.53. The zero-order valence-corrected chi connectivity index (χ0v) is 21.9. The Bertz CT molecular complexity index is 1410. The monoisotopic (exact) mass is 524 g/mol. The van der Waals surface area contributed by atoms with E-state index in [0.717, 1.165) is 15.8 Å². The van der Waals surface area contributed by atoms with Gasteiger partial charge in [0.2, 0.25) is 15.9 Å². The summed E-state index contributed by atoms with van der Waals surface area (Å²) in [5.74, 6) is -0.637. The average molecular weight is 525 g/mol. The molecular formula is C28H29FN2O3S2. The van der Waals surface area contributed by atoms with Crippen LogP contribution in [0.1, 0.15) is 24.3 Å². The van der Waals surface area contributed by atoms with E-state index in [1.165, 1.54) is 27.8 Å². The average Bonchev–Trinajstić information content (AvgIpc) is 3.37. The van der Waals surface area contributed by atoms with E-state index in [0.29, 0.717) is 11.9 Å². The molecule has 0 unspecified atom stereocenters. The summed E-state index contributed by atoms with van der Waals surface area (Å²) in [6.07, 6.45) is 0. The molecule has 5 nitrogen and oxygen atoms in total. The minimum atomic E-state index is -3.95. The molecule has 0 saturated carbocycles. The zero-order chi connectivity index (χ0) is 25.7. The number of hydrogen-bond acceptors (Lipinski definition) is 4. The lowest BCUT2D eigenvalue weighted by atomic mass is 10.1. The van der Waals surface area contributed by atoms with E-state index in [4.69, 9.17) is 0 Å². The van der Waals surface area contributed by atoms with Crippen LogP contribution in [-0.4, -0.2) is 36.6 Å². The number of rotatable bonds is 10. The lowest BCUT2D eigenvalue weighted by Gasteiger charge is -2.28. The molecule has 0 atom stereocenters. The topological polar surface area (TPSA) is 57.7 Å². The molecule has 0 saturated heterocycles. The molecule has 0 aliphatic rings. The maximum Gasteiger partial charge on any atom is 0.244 e. The standard InChI is InChI=1S/C28H29FN2O3S2/c1-21(2)17-31(36(33,34)27-11-5-8-23-7-3-4-10-26(23)27)20-28(32)30(19-25-9-6-16-35-25)18-22-12-14-24(29)15-13-22/h3-16,21H,17-20H2,1-2H3. The molecular weight excluding hydrogens is 495 g/mol. The predicted octanol–water partition coefficient (Wildman–Crippen LogP) is 5.92. The lowest BCUT2D eigenvalue weighted by molar-refractivity contribution is -0.132. The normalized spacial score (nSPS) is 11.9. The Morgan fingerprint density at radius 2 is 1.64 bits per heavy atom. The van der Waals surface area contributed by atoms with Gasteiger partial charge in [-0.05, 0) is 46.5 Å². The van der Waals surface area contributed by atoms with Crippen molar-refractivity contribution in [3.8, 4) is 0 Å². The molecule has 1 amide bonds. The third-order valence-corrected chi connectivity index (χ3v) is 8.55. The van der Waals surface area contributed by atoms with Gasteiger partial charge >= 0.3 is 0 Å². The number of nitrogens with zero attached hydrogens (tertiary/aromatic N) is 2. The van der Waals surface area contributed by atoms with E-state index in [1.54, 1.807) is 35.2 Å². The van der Waals surface area contributed by atoms with Gasteiger partial charge in [-0.3, -0.25) is 4.79 Å². The summed E-state index contributed by atoms with van der Waals surface area (Å²) < 4.78 is 42.5. The molecule has 4 rings (SSSR count). The highest BCUT2D eigenvalue weighted by atomic mass is 32.2. The van der Waals surface area contributed by atoms with E-state index >= 15 is 0 Å². The molecule has 1 aromatic heterocycles. The Hall–Kier alpha value is -3.07. The summed E-state index contributed by atoms with van der Waals surface area (Å²) in [5, 5.41) is 3.39. The third kappa shape index (κ3) is 6.19. The number of carbonyl (C=O) groups is 1.